The third-order valence-electron chi connectivity index (χ3n) is 4.14. The Bertz CT molecular complexity index is 1020. The van der Waals surface area contributed by atoms with Crippen LogP contribution in [0.3, 0.4) is 0 Å². The number of amidine groups is 2. The molecule has 27 heavy (non-hydrogen) atoms. The molecule has 0 saturated heterocycles. The van der Waals surface area contributed by atoms with Gasteiger partial charge in [-0.15, -0.1) is 0 Å². The molecule has 2 aliphatic heterocycles. The topological polar surface area (TPSA) is 73.8 Å². The molecule has 0 spiro atoms. The Hall–Kier alpha value is -2.45. The number of thioether (sulfide) groups is 1. The summed E-state index contributed by atoms with van der Waals surface area (Å²) in [5.74, 6) is -0.345. The molecule has 136 valence electrons. The van der Waals surface area contributed by atoms with Crippen molar-refractivity contribution in [1.29, 1.82) is 5.41 Å². The number of aliphatic imine (C=N–C) groups is 1. The quantitative estimate of drug-likeness (QED) is 0.700. The number of hydrogen-bond donors (Lipinski definition) is 1. The molecule has 0 saturated carbocycles. The van der Waals surface area contributed by atoms with Crippen molar-refractivity contribution in [3.8, 4) is 5.69 Å². The Morgan fingerprint density at radius 2 is 2.04 bits per heavy atom. The average molecular weight is 442 g/mol. The summed E-state index contributed by atoms with van der Waals surface area (Å²) in [6, 6.07) is 11.7. The standard InChI is InChI=1S/C19H16BrN5OS/c1-2-4-16-23-25-17(21)15(18(26)22-19(25)27-16)11-14-5-3-10-24(14)13-8-6-12(20)7-9-13/h3,5-11,21H,2,4H2,1H3/b15-11+,21-17?. The van der Waals surface area contributed by atoms with Gasteiger partial charge in [-0.2, -0.15) is 15.1 Å². The number of carbonyl (C=O) groups is 1. The number of nitrogens with one attached hydrogen (secondary N) is 1. The average Bonchev–Trinajstić information content (AvgIpc) is 3.26. The van der Waals surface area contributed by atoms with Gasteiger partial charge in [0.2, 0.25) is 5.17 Å². The van der Waals surface area contributed by atoms with E-state index < -0.39 is 5.91 Å². The van der Waals surface area contributed by atoms with Crippen LogP contribution in [0.25, 0.3) is 11.8 Å². The molecule has 3 heterocycles. The molecule has 1 N–H and O–H groups in total. The van der Waals surface area contributed by atoms with E-state index in [1.807, 2.05) is 47.2 Å². The summed E-state index contributed by atoms with van der Waals surface area (Å²) in [4.78, 5) is 16.7. The van der Waals surface area contributed by atoms with Crippen molar-refractivity contribution >= 4 is 55.7 Å². The molecule has 1 aromatic heterocycles. The monoisotopic (exact) mass is 441 g/mol. The highest BCUT2D eigenvalue weighted by molar-refractivity contribution is 9.10. The van der Waals surface area contributed by atoms with E-state index in [1.54, 1.807) is 6.08 Å². The van der Waals surface area contributed by atoms with Crippen molar-refractivity contribution in [1.82, 2.24) is 9.58 Å². The largest absolute Gasteiger partial charge is 0.317 e. The Morgan fingerprint density at radius 3 is 2.78 bits per heavy atom. The number of fused-ring (bicyclic) bond motifs is 1. The maximum Gasteiger partial charge on any atom is 0.283 e. The van der Waals surface area contributed by atoms with Gasteiger partial charge in [0.15, 0.2) is 5.84 Å². The Kier molecular flexibility index (Phi) is 4.84. The van der Waals surface area contributed by atoms with Crippen molar-refractivity contribution in [3.63, 3.8) is 0 Å². The molecule has 0 atom stereocenters. The molecule has 6 nitrogen and oxygen atoms in total. The van der Waals surface area contributed by atoms with Gasteiger partial charge < -0.3 is 4.57 Å². The molecule has 1 aromatic carbocycles. The van der Waals surface area contributed by atoms with Crippen LogP contribution in [0.5, 0.6) is 0 Å². The lowest BCUT2D eigenvalue weighted by Gasteiger charge is -2.20. The summed E-state index contributed by atoms with van der Waals surface area (Å²) in [6.07, 6.45) is 5.39. The number of hydrazone groups is 1. The summed E-state index contributed by atoms with van der Waals surface area (Å²) in [5, 5.41) is 15.7. The van der Waals surface area contributed by atoms with Crippen LogP contribution in [0.15, 0.2) is 62.7 Å². The van der Waals surface area contributed by atoms with Gasteiger partial charge in [0.25, 0.3) is 5.91 Å². The summed E-state index contributed by atoms with van der Waals surface area (Å²) < 4.78 is 2.96. The lowest BCUT2D eigenvalue weighted by atomic mass is 10.1. The summed E-state index contributed by atoms with van der Waals surface area (Å²) in [7, 11) is 0. The fourth-order valence-electron chi connectivity index (χ4n) is 2.84. The molecule has 0 bridgehead atoms. The van der Waals surface area contributed by atoms with E-state index in [2.05, 4.69) is 32.9 Å². The summed E-state index contributed by atoms with van der Waals surface area (Å²) in [6.45, 7) is 2.07. The molecule has 0 radical (unpaired) electrons. The van der Waals surface area contributed by atoms with Gasteiger partial charge in [0, 0.05) is 22.1 Å². The van der Waals surface area contributed by atoms with Crippen molar-refractivity contribution in [2.75, 3.05) is 0 Å². The maximum absolute atomic E-state index is 12.5. The zero-order valence-corrected chi connectivity index (χ0v) is 16.9. The number of halogens is 1. The van der Waals surface area contributed by atoms with E-state index in [4.69, 9.17) is 5.41 Å². The van der Waals surface area contributed by atoms with Crippen LogP contribution < -0.4 is 0 Å². The number of aromatic nitrogens is 1. The first-order valence-electron chi connectivity index (χ1n) is 8.49. The first-order valence-corrected chi connectivity index (χ1v) is 10.1. The van der Waals surface area contributed by atoms with Gasteiger partial charge in [-0.05, 0) is 67.1 Å². The molecular weight excluding hydrogens is 426 g/mol. The molecule has 0 fully saturated rings. The smallest absolute Gasteiger partial charge is 0.283 e. The molecule has 0 aliphatic carbocycles. The predicted molar refractivity (Wildman–Crippen MR) is 113 cm³/mol. The fourth-order valence-corrected chi connectivity index (χ4v) is 4.09. The highest BCUT2D eigenvalue weighted by atomic mass is 79.9. The molecular formula is C19H16BrN5OS. The first kappa shape index (κ1) is 17.9. The minimum Gasteiger partial charge on any atom is -0.317 e. The number of rotatable bonds is 4. The van der Waals surface area contributed by atoms with Crippen molar-refractivity contribution < 1.29 is 4.79 Å². The van der Waals surface area contributed by atoms with Crippen molar-refractivity contribution in [2.45, 2.75) is 19.8 Å². The zero-order chi connectivity index (χ0) is 19.0. The van der Waals surface area contributed by atoms with Gasteiger partial charge in [-0.1, -0.05) is 22.9 Å². The lowest BCUT2D eigenvalue weighted by molar-refractivity contribution is -0.114. The van der Waals surface area contributed by atoms with Gasteiger partial charge in [0.1, 0.15) is 5.04 Å². The van der Waals surface area contributed by atoms with Crippen molar-refractivity contribution in [2.24, 2.45) is 10.1 Å². The second kappa shape index (κ2) is 7.28. The van der Waals surface area contributed by atoms with E-state index in [0.29, 0.717) is 5.17 Å². The van der Waals surface area contributed by atoms with Gasteiger partial charge in [-0.25, -0.2) is 0 Å². The Balaban J connectivity index is 1.70. The second-order valence-electron chi connectivity index (χ2n) is 6.04. The van der Waals surface area contributed by atoms with Crippen LogP contribution in [0.1, 0.15) is 25.5 Å². The second-order valence-corrected chi connectivity index (χ2v) is 8.00. The van der Waals surface area contributed by atoms with Gasteiger partial charge >= 0.3 is 0 Å². The van der Waals surface area contributed by atoms with Crippen LogP contribution in [-0.2, 0) is 4.79 Å². The number of nitrogens with zero attached hydrogens (tertiary/aromatic N) is 4. The lowest BCUT2D eigenvalue weighted by Crippen LogP contribution is -2.35. The normalized spacial score (nSPS) is 18.0. The minimum absolute atomic E-state index is 0.0622. The summed E-state index contributed by atoms with van der Waals surface area (Å²) in [5.41, 5.74) is 2.00. The molecule has 2 aromatic rings. The van der Waals surface area contributed by atoms with E-state index >= 15 is 0 Å². The number of hydrogen-bond acceptors (Lipinski definition) is 4. The Morgan fingerprint density at radius 1 is 1.26 bits per heavy atom. The molecule has 1 amide bonds. The number of benzene rings is 1. The Labute approximate surface area is 169 Å². The SMILES string of the molecule is CCCC1=NN2C(=N)/C(=C\c3cccn3-c3ccc(Br)cc3)C(=O)N=C2S1. The highest BCUT2D eigenvalue weighted by Crippen LogP contribution is 2.30. The van der Waals surface area contributed by atoms with Gasteiger partial charge in [0.05, 0.1) is 5.57 Å². The zero-order valence-electron chi connectivity index (χ0n) is 14.5. The van der Waals surface area contributed by atoms with Gasteiger partial charge in [-0.3, -0.25) is 10.2 Å². The van der Waals surface area contributed by atoms with Crippen LogP contribution in [0, 0.1) is 5.41 Å². The van der Waals surface area contributed by atoms with Crippen molar-refractivity contribution in [3.05, 3.63) is 58.3 Å². The van der Waals surface area contributed by atoms with E-state index in [-0.39, 0.29) is 11.4 Å². The number of amides is 1. The minimum atomic E-state index is -0.407. The fraction of sp³-hybridized carbons (Fsp3) is 0.158. The van der Waals surface area contributed by atoms with Crippen LogP contribution in [0.2, 0.25) is 0 Å². The third kappa shape index (κ3) is 3.42. The van der Waals surface area contributed by atoms with Crippen LogP contribution in [0.4, 0.5) is 0 Å². The third-order valence-corrected chi connectivity index (χ3v) is 5.63. The maximum atomic E-state index is 12.5. The predicted octanol–water partition coefficient (Wildman–Crippen LogP) is 4.66. The van der Waals surface area contributed by atoms with E-state index in [1.165, 1.54) is 16.8 Å². The highest BCUT2D eigenvalue weighted by Gasteiger charge is 2.35. The number of carbonyl (C=O) groups excluding carboxylic acids is 1. The molecule has 0 unspecified atom stereocenters. The van der Waals surface area contributed by atoms with E-state index in [9.17, 15) is 4.79 Å². The molecule has 8 heteroatoms. The van der Waals surface area contributed by atoms with Crippen LogP contribution >= 0.6 is 27.7 Å². The van der Waals surface area contributed by atoms with E-state index in [0.717, 1.165) is 33.7 Å². The molecule has 4 rings (SSSR count). The summed E-state index contributed by atoms with van der Waals surface area (Å²) >= 11 is 4.80. The molecule has 2 aliphatic rings. The first-order chi connectivity index (χ1) is 13.1. The van der Waals surface area contributed by atoms with Crippen LogP contribution in [-0.4, -0.2) is 31.5 Å².